The number of benzene rings is 2. The van der Waals surface area contributed by atoms with Gasteiger partial charge in [0.1, 0.15) is 12.4 Å². The number of rotatable bonds is 7. The van der Waals surface area contributed by atoms with Crippen LogP contribution in [0.1, 0.15) is 41.4 Å². The highest BCUT2D eigenvalue weighted by Crippen LogP contribution is 2.30. The number of nitrogens with zero attached hydrogens (tertiary/aromatic N) is 1. The Kier molecular flexibility index (Phi) is 5.08. The molecule has 0 saturated carbocycles. The molecule has 3 aromatic rings. The number of aromatic nitrogens is 1. The third-order valence-electron chi connectivity index (χ3n) is 4.49. The van der Waals surface area contributed by atoms with E-state index in [2.05, 4.69) is 11.5 Å². The maximum Gasteiger partial charge on any atom is 0.338 e. The normalized spacial score (nSPS) is 11.0. The van der Waals surface area contributed by atoms with E-state index in [1.807, 2.05) is 55.5 Å². The van der Waals surface area contributed by atoms with Gasteiger partial charge in [-0.2, -0.15) is 0 Å². The first-order chi connectivity index (χ1) is 12.1. The number of aryl methyl sites for hydroxylation is 1. The lowest BCUT2D eigenvalue weighted by molar-refractivity contribution is 0.0698. The third-order valence-corrected chi connectivity index (χ3v) is 4.49. The van der Waals surface area contributed by atoms with E-state index in [1.165, 1.54) is 0 Å². The van der Waals surface area contributed by atoms with Gasteiger partial charge in [0.15, 0.2) is 0 Å². The summed E-state index contributed by atoms with van der Waals surface area (Å²) in [6.45, 7) is 5.30. The molecule has 0 aliphatic rings. The highest BCUT2D eigenvalue weighted by Gasteiger charge is 2.19. The summed E-state index contributed by atoms with van der Waals surface area (Å²) in [5.74, 6) is -0.204. The van der Waals surface area contributed by atoms with Gasteiger partial charge in [0.25, 0.3) is 0 Å². The van der Waals surface area contributed by atoms with E-state index in [-0.39, 0.29) is 0 Å². The van der Waals surface area contributed by atoms with Gasteiger partial charge in [-0.25, -0.2) is 4.79 Å². The van der Waals surface area contributed by atoms with Gasteiger partial charge >= 0.3 is 5.97 Å². The van der Waals surface area contributed by atoms with Crippen molar-refractivity contribution >= 4 is 16.9 Å². The fourth-order valence-electron chi connectivity index (χ4n) is 3.17. The number of carboxylic acid groups (broad SMARTS) is 1. The van der Waals surface area contributed by atoms with Crippen LogP contribution in [-0.4, -0.2) is 15.6 Å². The summed E-state index contributed by atoms with van der Waals surface area (Å²) >= 11 is 0. The Morgan fingerprint density at radius 3 is 2.60 bits per heavy atom. The van der Waals surface area contributed by atoms with Crippen molar-refractivity contribution < 1.29 is 14.6 Å². The van der Waals surface area contributed by atoms with E-state index in [9.17, 15) is 9.90 Å². The molecular weight excluding hydrogens is 314 g/mol. The van der Waals surface area contributed by atoms with Crippen molar-refractivity contribution in [1.82, 2.24) is 4.57 Å². The minimum absolute atomic E-state index is 0.372. The molecule has 1 aromatic heterocycles. The van der Waals surface area contributed by atoms with Crippen LogP contribution in [0.4, 0.5) is 0 Å². The summed E-state index contributed by atoms with van der Waals surface area (Å²) in [6, 6.07) is 15.7. The molecular formula is C21H23NO3. The molecule has 130 valence electrons. The molecule has 25 heavy (non-hydrogen) atoms. The number of carbonyl (C=O) groups is 1. The predicted molar refractivity (Wildman–Crippen MR) is 99.3 cm³/mol. The number of carboxylic acids is 1. The van der Waals surface area contributed by atoms with Crippen molar-refractivity contribution in [2.24, 2.45) is 0 Å². The Bertz CT molecular complexity index is 881. The molecule has 2 aromatic carbocycles. The van der Waals surface area contributed by atoms with E-state index in [0.717, 1.165) is 41.5 Å². The topological polar surface area (TPSA) is 51.5 Å². The van der Waals surface area contributed by atoms with Gasteiger partial charge in [-0.3, -0.25) is 0 Å². The zero-order chi connectivity index (χ0) is 17.8. The van der Waals surface area contributed by atoms with Gasteiger partial charge in [-0.05, 0) is 37.1 Å². The van der Waals surface area contributed by atoms with Crippen LogP contribution < -0.4 is 4.74 Å². The number of unbranched alkanes of at least 4 members (excludes halogenated alkanes) is 1. The van der Waals surface area contributed by atoms with Crippen molar-refractivity contribution in [3.63, 3.8) is 0 Å². The Balaban J connectivity index is 1.95. The summed E-state index contributed by atoms with van der Waals surface area (Å²) in [5, 5.41) is 10.4. The van der Waals surface area contributed by atoms with Gasteiger partial charge in [-0.15, -0.1) is 0 Å². The number of hydrogen-bond donors (Lipinski definition) is 1. The Morgan fingerprint density at radius 1 is 1.16 bits per heavy atom. The first-order valence-corrected chi connectivity index (χ1v) is 8.64. The summed E-state index contributed by atoms with van der Waals surface area (Å²) in [6.07, 6.45) is 2.09. The average Bonchev–Trinajstić information content (AvgIpc) is 2.90. The fraction of sp³-hybridized carbons (Fsp3) is 0.286. The summed E-state index contributed by atoms with van der Waals surface area (Å²) in [7, 11) is 0. The highest BCUT2D eigenvalue weighted by molar-refractivity contribution is 6.05. The van der Waals surface area contributed by atoms with Crippen LogP contribution in [0.3, 0.4) is 0 Å². The largest absolute Gasteiger partial charge is 0.489 e. The van der Waals surface area contributed by atoms with Crippen LogP contribution in [0.2, 0.25) is 0 Å². The van der Waals surface area contributed by atoms with E-state index >= 15 is 0 Å². The number of hydrogen-bond acceptors (Lipinski definition) is 2. The van der Waals surface area contributed by atoms with Gasteiger partial charge in [-0.1, -0.05) is 43.7 Å². The monoisotopic (exact) mass is 337 g/mol. The highest BCUT2D eigenvalue weighted by atomic mass is 16.5. The van der Waals surface area contributed by atoms with E-state index in [1.54, 1.807) is 0 Å². The molecule has 0 amide bonds. The molecule has 0 spiro atoms. The molecule has 0 aliphatic heterocycles. The summed E-state index contributed by atoms with van der Waals surface area (Å²) in [4.78, 5) is 11.8. The molecule has 0 saturated heterocycles. The van der Waals surface area contributed by atoms with Crippen LogP contribution in [0.5, 0.6) is 5.75 Å². The maximum absolute atomic E-state index is 11.8. The zero-order valence-corrected chi connectivity index (χ0v) is 14.7. The van der Waals surface area contributed by atoms with Crippen molar-refractivity contribution in [3.05, 3.63) is 65.4 Å². The van der Waals surface area contributed by atoms with Crippen molar-refractivity contribution in [2.45, 2.75) is 39.8 Å². The standard InChI is InChI=1S/C21H23NO3/c1-3-4-12-22-15(2)20(21(23)24)18-13-17(10-11-19(18)22)25-14-16-8-6-5-7-9-16/h5-11,13H,3-4,12,14H2,1-2H3,(H,23,24). The molecule has 0 fully saturated rings. The summed E-state index contributed by atoms with van der Waals surface area (Å²) in [5.41, 5.74) is 3.21. The number of fused-ring (bicyclic) bond motifs is 1. The average molecular weight is 337 g/mol. The second-order valence-electron chi connectivity index (χ2n) is 6.22. The summed E-state index contributed by atoms with van der Waals surface area (Å²) < 4.78 is 7.96. The van der Waals surface area contributed by atoms with E-state index in [0.29, 0.717) is 17.9 Å². The number of ether oxygens (including phenoxy) is 1. The van der Waals surface area contributed by atoms with Gasteiger partial charge in [0.05, 0.1) is 5.56 Å². The molecule has 0 atom stereocenters. The van der Waals surface area contributed by atoms with Crippen LogP contribution in [0.15, 0.2) is 48.5 Å². The van der Waals surface area contributed by atoms with Crippen molar-refractivity contribution in [3.8, 4) is 5.75 Å². The zero-order valence-electron chi connectivity index (χ0n) is 14.7. The molecule has 4 heteroatoms. The molecule has 4 nitrogen and oxygen atoms in total. The number of aromatic carboxylic acids is 1. The first kappa shape index (κ1) is 17.1. The lowest BCUT2D eigenvalue weighted by Gasteiger charge is -2.09. The van der Waals surface area contributed by atoms with Crippen LogP contribution in [0.25, 0.3) is 10.9 Å². The molecule has 3 rings (SSSR count). The molecule has 0 bridgehead atoms. The maximum atomic E-state index is 11.8. The van der Waals surface area contributed by atoms with Gasteiger partial charge in [0, 0.05) is 23.1 Å². The lowest BCUT2D eigenvalue weighted by Crippen LogP contribution is -2.03. The van der Waals surface area contributed by atoms with Crippen LogP contribution in [0, 0.1) is 6.92 Å². The fourth-order valence-corrected chi connectivity index (χ4v) is 3.17. The Labute approximate surface area is 147 Å². The van der Waals surface area contributed by atoms with E-state index < -0.39 is 5.97 Å². The minimum atomic E-state index is -0.891. The van der Waals surface area contributed by atoms with Crippen LogP contribution in [-0.2, 0) is 13.2 Å². The van der Waals surface area contributed by atoms with Crippen LogP contribution >= 0.6 is 0 Å². The van der Waals surface area contributed by atoms with Crippen molar-refractivity contribution in [1.29, 1.82) is 0 Å². The third kappa shape index (κ3) is 3.53. The first-order valence-electron chi connectivity index (χ1n) is 8.64. The molecule has 0 unspecified atom stereocenters. The smallest absolute Gasteiger partial charge is 0.338 e. The Morgan fingerprint density at radius 2 is 1.92 bits per heavy atom. The molecule has 1 N–H and O–H groups in total. The minimum Gasteiger partial charge on any atom is -0.489 e. The van der Waals surface area contributed by atoms with E-state index in [4.69, 9.17) is 4.74 Å². The van der Waals surface area contributed by atoms with Crippen molar-refractivity contribution in [2.75, 3.05) is 0 Å². The second-order valence-corrected chi connectivity index (χ2v) is 6.22. The SMILES string of the molecule is CCCCn1c(C)c(C(=O)O)c2cc(OCc3ccccc3)ccc21. The molecule has 0 aliphatic carbocycles. The van der Waals surface area contributed by atoms with Gasteiger partial charge in [0.2, 0.25) is 0 Å². The molecule has 1 heterocycles. The lowest BCUT2D eigenvalue weighted by atomic mass is 10.1. The van der Waals surface area contributed by atoms with Gasteiger partial charge < -0.3 is 14.4 Å². The Hall–Kier alpha value is -2.75. The second kappa shape index (κ2) is 7.43. The quantitative estimate of drug-likeness (QED) is 0.658. The molecule has 0 radical (unpaired) electrons. The predicted octanol–water partition coefficient (Wildman–Crippen LogP) is 5.03.